The zero-order valence-corrected chi connectivity index (χ0v) is 34.4. The summed E-state index contributed by atoms with van der Waals surface area (Å²) in [4.78, 5) is 16.0. The third-order valence-corrected chi connectivity index (χ3v) is 12.7. The summed E-state index contributed by atoms with van der Waals surface area (Å²) < 4.78 is 16.1. The van der Waals surface area contributed by atoms with Crippen molar-refractivity contribution in [3.63, 3.8) is 0 Å². The van der Waals surface area contributed by atoms with Crippen LogP contribution in [0.4, 0.5) is 4.39 Å². The number of allylic oxidation sites excluding steroid dienone is 6. The van der Waals surface area contributed by atoms with Crippen LogP contribution in [0, 0.1) is 29.0 Å². The molecule has 2 aliphatic heterocycles. The molecule has 54 heavy (non-hydrogen) atoms. The Bertz CT molecular complexity index is 1930. The van der Waals surface area contributed by atoms with Crippen molar-refractivity contribution in [2.24, 2.45) is 28.9 Å². The fourth-order valence-electron chi connectivity index (χ4n) is 8.73. The van der Waals surface area contributed by atoms with Crippen molar-refractivity contribution in [1.29, 1.82) is 0 Å². The quantitative estimate of drug-likeness (QED) is 0.109. The second kappa shape index (κ2) is 16.5. The van der Waals surface area contributed by atoms with Crippen LogP contribution in [-0.2, 0) is 23.2 Å². The third-order valence-electron chi connectivity index (χ3n) is 12.7. The average molecular weight is 732 g/mol. The Labute approximate surface area is 325 Å². The van der Waals surface area contributed by atoms with E-state index in [2.05, 4.69) is 114 Å². The monoisotopic (exact) mass is 732 g/mol. The molecule has 5 atom stereocenters. The van der Waals surface area contributed by atoms with E-state index in [-0.39, 0.29) is 29.0 Å². The number of carbonyl (C=O) groups is 1. The van der Waals surface area contributed by atoms with Crippen LogP contribution in [0.5, 0.6) is 0 Å². The molecule has 6 heteroatoms. The fourth-order valence-corrected chi connectivity index (χ4v) is 8.73. The molecule has 5 rings (SSSR count). The second-order valence-corrected chi connectivity index (χ2v) is 16.6. The Hall–Kier alpha value is -4.45. The summed E-state index contributed by atoms with van der Waals surface area (Å²) in [5, 5.41) is 3.77. The van der Waals surface area contributed by atoms with Crippen LogP contribution in [0.1, 0.15) is 110 Å². The number of amides is 1. The predicted molar refractivity (Wildman–Crippen MR) is 223 cm³/mol. The number of hydrogen-bond donors (Lipinski definition) is 2. The number of hydrogen-bond acceptors (Lipinski definition) is 3. The van der Waals surface area contributed by atoms with Gasteiger partial charge < -0.3 is 16.0 Å². The van der Waals surface area contributed by atoms with Crippen molar-refractivity contribution in [2.45, 2.75) is 106 Å². The van der Waals surface area contributed by atoms with Crippen LogP contribution in [-0.4, -0.2) is 35.2 Å². The van der Waals surface area contributed by atoms with E-state index in [1.54, 1.807) is 0 Å². The number of nitrogens with zero attached hydrogens (tertiary/aromatic N) is 2. The summed E-state index contributed by atoms with van der Waals surface area (Å²) in [5.74, 6) is 0.105. The van der Waals surface area contributed by atoms with Gasteiger partial charge in [-0.3, -0.25) is 4.79 Å². The van der Waals surface area contributed by atoms with Gasteiger partial charge in [0.25, 0.3) is 5.91 Å². The van der Waals surface area contributed by atoms with Crippen LogP contribution in [0.15, 0.2) is 113 Å². The van der Waals surface area contributed by atoms with Crippen molar-refractivity contribution in [1.82, 2.24) is 10.2 Å². The highest BCUT2D eigenvalue weighted by molar-refractivity contribution is 5.95. The Morgan fingerprint density at radius 1 is 1.15 bits per heavy atom. The fraction of sp³-hybridized carbons (Fsp3) is 0.458. The van der Waals surface area contributed by atoms with Crippen LogP contribution < -0.4 is 11.1 Å². The highest BCUT2D eigenvalue weighted by Gasteiger charge is 2.42. The molecule has 288 valence electrons. The maximum atomic E-state index is 14.2. The van der Waals surface area contributed by atoms with Gasteiger partial charge in [-0.05, 0) is 140 Å². The minimum Gasteiger partial charge on any atom is -0.394 e. The minimum atomic E-state index is -0.415. The van der Waals surface area contributed by atoms with Gasteiger partial charge in [0.15, 0.2) is 0 Å². The van der Waals surface area contributed by atoms with E-state index in [0.717, 1.165) is 66.6 Å². The zero-order chi connectivity index (χ0) is 39.5. The number of likely N-dealkylation sites (N-methyl/N-ethyl adjacent to an activating group) is 1. The van der Waals surface area contributed by atoms with Gasteiger partial charge in [-0.25, -0.2) is 8.97 Å². The van der Waals surface area contributed by atoms with E-state index >= 15 is 0 Å². The zero-order valence-electron chi connectivity index (χ0n) is 34.4. The van der Waals surface area contributed by atoms with Crippen LogP contribution >= 0.6 is 0 Å². The SMILES string of the molecule is C=CC1=CC(CCC(Cc2ccc(F)cc2)C(C)C(C)=C(N)C(=O)N(CC)C2=CC(CC)C(C)(C)C=C2C)=CNC1(C)c1ccc(CC)c(C2C[N+]2=C)c1. The number of aryl methyl sites for hydroxylation is 1. The molecule has 1 amide bonds. The molecule has 5 nitrogen and oxygen atoms in total. The number of dihydropyridines is 1. The van der Waals surface area contributed by atoms with Crippen molar-refractivity contribution in [2.75, 3.05) is 13.1 Å². The van der Waals surface area contributed by atoms with E-state index in [9.17, 15) is 9.18 Å². The molecule has 3 aliphatic rings. The molecule has 3 N–H and O–H groups in total. The first-order valence-corrected chi connectivity index (χ1v) is 20.0. The summed E-state index contributed by atoms with van der Waals surface area (Å²) in [6.45, 7) is 29.4. The maximum Gasteiger partial charge on any atom is 0.274 e. The number of halogens is 1. The van der Waals surface area contributed by atoms with Crippen LogP contribution in [0.2, 0.25) is 0 Å². The van der Waals surface area contributed by atoms with Crippen LogP contribution in [0.25, 0.3) is 0 Å². The molecule has 0 aromatic heterocycles. The van der Waals surface area contributed by atoms with Crippen molar-refractivity contribution < 1.29 is 13.8 Å². The lowest BCUT2D eigenvalue weighted by molar-refractivity contribution is -0.352. The molecular weight excluding hydrogens is 668 g/mol. The lowest BCUT2D eigenvalue weighted by Gasteiger charge is -2.37. The summed E-state index contributed by atoms with van der Waals surface area (Å²) in [5.41, 5.74) is 17.0. The number of carbonyl (C=O) groups excluding carboxylic acids is 1. The third kappa shape index (κ3) is 8.43. The normalized spacial score (nSPS) is 23.5. The number of benzene rings is 2. The minimum absolute atomic E-state index is 0.00724. The largest absolute Gasteiger partial charge is 0.394 e. The summed E-state index contributed by atoms with van der Waals surface area (Å²) in [7, 11) is 0. The predicted octanol–water partition coefficient (Wildman–Crippen LogP) is 10.2. The van der Waals surface area contributed by atoms with Gasteiger partial charge in [-0.15, -0.1) is 0 Å². The highest BCUT2D eigenvalue weighted by atomic mass is 19.1. The summed E-state index contributed by atoms with van der Waals surface area (Å²) in [6.07, 6.45) is 15.4. The number of nitrogens with one attached hydrogen (secondary N) is 1. The summed E-state index contributed by atoms with van der Waals surface area (Å²) in [6, 6.07) is 14.0. The Balaban J connectivity index is 1.39. The molecule has 0 radical (unpaired) electrons. The van der Waals surface area contributed by atoms with E-state index in [1.165, 1.54) is 34.4 Å². The highest BCUT2D eigenvalue weighted by Crippen LogP contribution is 2.42. The molecule has 1 saturated heterocycles. The van der Waals surface area contributed by atoms with E-state index in [1.807, 2.05) is 37.0 Å². The van der Waals surface area contributed by atoms with Crippen molar-refractivity contribution in [3.8, 4) is 0 Å². The Morgan fingerprint density at radius 2 is 1.83 bits per heavy atom. The van der Waals surface area contributed by atoms with Gasteiger partial charge in [-0.2, -0.15) is 0 Å². The number of nitrogens with two attached hydrogens (primary N) is 1. The van der Waals surface area contributed by atoms with Crippen molar-refractivity contribution >= 4 is 12.6 Å². The van der Waals surface area contributed by atoms with Gasteiger partial charge in [0.1, 0.15) is 12.5 Å². The molecule has 0 saturated carbocycles. The van der Waals surface area contributed by atoms with Gasteiger partial charge in [0.05, 0.1) is 11.2 Å². The van der Waals surface area contributed by atoms with Gasteiger partial charge in [0, 0.05) is 24.0 Å². The number of rotatable bonds is 15. The molecule has 1 aliphatic carbocycles. The first kappa shape index (κ1) is 40.7. The molecule has 0 spiro atoms. The van der Waals surface area contributed by atoms with E-state index < -0.39 is 5.54 Å². The lowest BCUT2D eigenvalue weighted by atomic mass is 9.72. The van der Waals surface area contributed by atoms with E-state index in [4.69, 9.17) is 5.73 Å². The van der Waals surface area contributed by atoms with Crippen molar-refractivity contribution in [3.05, 3.63) is 141 Å². The lowest BCUT2D eigenvalue weighted by Crippen LogP contribution is -2.40. The van der Waals surface area contributed by atoms with Crippen LogP contribution in [0.3, 0.4) is 0 Å². The molecule has 0 bridgehead atoms. The molecule has 5 unspecified atom stereocenters. The molecule has 1 fully saturated rings. The Kier molecular flexibility index (Phi) is 12.4. The first-order valence-electron chi connectivity index (χ1n) is 20.0. The average Bonchev–Trinajstić information content (AvgIpc) is 3.89. The smallest absolute Gasteiger partial charge is 0.274 e. The Morgan fingerprint density at radius 3 is 2.43 bits per heavy atom. The van der Waals surface area contributed by atoms with Gasteiger partial charge in [-0.1, -0.05) is 89.8 Å². The second-order valence-electron chi connectivity index (χ2n) is 16.6. The van der Waals surface area contributed by atoms with Gasteiger partial charge in [0.2, 0.25) is 12.6 Å². The maximum absolute atomic E-state index is 14.2. The molecule has 2 heterocycles. The first-order chi connectivity index (χ1) is 25.6. The standard InChI is InChI=1S/C48H64FN4O/c1-12-36-20-21-40(26-42(36)44-30-52(44)11)48(10)39(14-3)25-35(29-51-48)16-19-37(24-34-17-22-41(49)23-18-34)32(6)33(7)45(50)46(54)53(15-4)43-27-38(13-2)47(8,9)28-31(43)5/h14,17-18,20-23,25-29,32,37-38,44,51H,3,11-13,15-16,19,24,30,50H2,1-2,4-10H3/q+1. The van der Waals surface area contributed by atoms with E-state index in [0.29, 0.717) is 24.2 Å². The molecule has 2 aromatic rings. The summed E-state index contributed by atoms with van der Waals surface area (Å²) >= 11 is 0. The van der Waals surface area contributed by atoms with Gasteiger partial charge >= 0.3 is 0 Å². The molecule has 2 aromatic carbocycles. The molecular formula is C48H64FN4O+. The topological polar surface area (TPSA) is 61.4 Å².